The van der Waals surface area contributed by atoms with E-state index >= 15 is 0 Å². The summed E-state index contributed by atoms with van der Waals surface area (Å²) in [7, 11) is 0. The molecule has 0 heterocycles. The van der Waals surface area contributed by atoms with E-state index in [2.05, 4.69) is 5.32 Å². The molecule has 0 atom stereocenters. The SMILES string of the molecule is O=[C]Nc1ccccc1C(=O)O. The third-order valence-electron chi connectivity index (χ3n) is 1.34. The van der Waals surface area contributed by atoms with Crippen LogP contribution in [0.2, 0.25) is 0 Å². The summed E-state index contributed by atoms with van der Waals surface area (Å²) in [6.45, 7) is 0. The van der Waals surface area contributed by atoms with E-state index in [4.69, 9.17) is 5.11 Å². The summed E-state index contributed by atoms with van der Waals surface area (Å²) in [5.74, 6) is -1.08. The maximum Gasteiger partial charge on any atom is 0.337 e. The minimum Gasteiger partial charge on any atom is -0.478 e. The van der Waals surface area contributed by atoms with Crippen LogP contribution in [0.5, 0.6) is 0 Å². The average Bonchev–Trinajstić information content (AvgIpc) is 2.05. The van der Waals surface area contributed by atoms with E-state index in [1.165, 1.54) is 18.5 Å². The molecule has 61 valence electrons. The number of aromatic carboxylic acids is 1. The van der Waals surface area contributed by atoms with Gasteiger partial charge in [0.05, 0.1) is 11.3 Å². The minimum atomic E-state index is -1.08. The Bertz CT molecular complexity index is 309. The van der Waals surface area contributed by atoms with Gasteiger partial charge in [-0.15, -0.1) is 0 Å². The Morgan fingerprint density at radius 3 is 2.67 bits per heavy atom. The van der Waals surface area contributed by atoms with Crippen molar-refractivity contribution in [2.75, 3.05) is 5.32 Å². The van der Waals surface area contributed by atoms with Gasteiger partial charge in [0.2, 0.25) is 0 Å². The fraction of sp³-hybridized carbons (Fsp3) is 0. The first kappa shape index (κ1) is 8.26. The Balaban J connectivity index is 3.07. The summed E-state index contributed by atoms with van der Waals surface area (Å²) in [4.78, 5) is 20.4. The highest BCUT2D eigenvalue weighted by molar-refractivity contribution is 5.96. The van der Waals surface area contributed by atoms with E-state index < -0.39 is 5.97 Å². The Morgan fingerprint density at radius 1 is 1.42 bits per heavy atom. The number of rotatable bonds is 3. The van der Waals surface area contributed by atoms with Crippen LogP contribution in [0.4, 0.5) is 5.69 Å². The highest BCUT2D eigenvalue weighted by Crippen LogP contribution is 2.13. The second kappa shape index (κ2) is 3.52. The number of hydrogen-bond donors (Lipinski definition) is 2. The van der Waals surface area contributed by atoms with Gasteiger partial charge in [-0.25, -0.2) is 4.79 Å². The van der Waals surface area contributed by atoms with Crippen molar-refractivity contribution in [1.82, 2.24) is 0 Å². The number of carboxylic acids is 1. The van der Waals surface area contributed by atoms with E-state index in [9.17, 15) is 9.59 Å². The first-order valence-electron chi connectivity index (χ1n) is 3.21. The zero-order chi connectivity index (χ0) is 8.97. The molecule has 1 amide bonds. The van der Waals surface area contributed by atoms with Crippen molar-refractivity contribution in [3.8, 4) is 0 Å². The number of benzene rings is 1. The smallest absolute Gasteiger partial charge is 0.337 e. The van der Waals surface area contributed by atoms with Gasteiger partial charge in [-0.3, -0.25) is 4.79 Å². The summed E-state index contributed by atoms with van der Waals surface area (Å²) < 4.78 is 0. The topological polar surface area (TPSA) is 66.4 Å². The maximum atomic E-state index is 10.5. The molecule has 2 N–H and O–H groups in total. The number of nitrogens with one attached hydrogen (secondary N) is 1. The molecule has 0 fully saturated rings. The summed E-state index contributed by atoms with van der Waals surface area (Å²) >= 11 is 0. The molecule has 0 unspecified atom stereocenters. The Kier molecular flexibility index (Phi) is 2.42. The van der Waals surface area contributed by atoms with Crippen molar-refractivity contribution in [2.24, 2.45) is 0 Å². The molecule has 0 saturated carbocycles. The standard InChI is InChI=1S/C8H6NO3/c10-5-9-7-4-2-1-3-6(7)8(11)12/h1-4H,(H,9,10)(H,11,12). The summed E-state index contributed by atoms with van der Waals surface area (Å²) in [6, 6.07) is 6.11. The van der Waals surface area contributed by atoms with Crippen LogP contribution >= 0.6 is 0 Å². The third kappa shape index (κ3) is 1.60. The molecule has 0 spiro atoms. The molecule has 0 aromatic heterocycles. The molecule has 1 aromatic rings. The van der Waals surface area contributed by atoms with Crippen LogP contribution in [0.25, 0.3) is 0 Å². The summed E-state index contributed by atoms with van der Waals surface area (Å²) in [5.41, 5.74) is 0.306. The molecule has 0 aliphatic rings. The number of anilines is 1. The Labute approximate surface area is 68.8 Å². The molecular formula is C8H6NO3. The van der Waals surface area contributed by atoms with Crippen molar-refractivity contribution in [3.05, 3.63) is 29.8 Å². The molecule has 1 radical (unpaired) electrons. The van der Waals surface area contributed by atoms with Gasteiger partial charge in [-0.1, -0.05) is 12.1 Å². The number of carboxylic acid groups (broad SMARTS) is 1. The molecule has 0 saturated heterocycles. The van der Waals surface area contributed by atoms with Crippen molar-refractivity contribution >= 4 is 18.1 Å². The van der Waals surface area contributed by atoms with E-state index in [1.807, 2.05) is 0 Å². The van der Waals surface area contributed by atoms with Gasteiger partial charge in [-0.2, -0.15) is 0 Å². The molecule has 1 rings (SSSR count). The van der Waals surface area contributed by atoms with E-state index in [1.54, 1.807) is 12.1 Å². The van der Waals surface area contributed by atoms with Gasteiger partial charge < -0.3 is 10.4 Å². The highest BCUT2D eigenvalue weighted by Gasteiger charge is 2.07. The Morgan fingerprint density at radius 2 is 2.08 bits per heavy atom. The predicted octanol–water partition coefficient (Wildman–Crippen LogP) is 0.864. The quantitative estimate of drug-likeness (QED) is 0.651. The number of carbonyl (C=O) groups excluding carboxylic acids is 1. The monoisotopic (exact) mass is 164 g/mol. The normalized spacial score (nSPS) is 9.00. The van der Waals surface area contributed by atoms with Gasteiger partial charge in [-0.05, 0) is 12.1 Å². The lowest BCUT2D eigenvalue weighted by atomic mass is 10.2. The van der Waals surface area contributed by atoms with Crippen molar-refractivity contribution in [3.63, 3.8) is 0 Å². The van der Waals surface area contributed by atoms with E-state index in [-0.39, 0.29) is 11.3 Å². The lowest BCUT2D eigenvalue weighted by molar-refractivity contribution is 0.0698. The summed E-state index contributed by atoms with van der Waals surface area (Å²) in [5, 5.41) is 10.8. The Hall–Kier alpha value is -1.84. The predicted molar refractivity (Wildman–Crippen MR) is 42.7 cm³/mol. The van der Waals surface area contributed by atoms with Gasteiger partial charge in [0.15, 0.2) is 0 Å². The van der Waals surface area contributed by atoms with Crippen molar-refractivity contribution < 1.29 is 14.7 Å². The molecule has 12 heavy (non-hydrogen) atoms. The van der Waals surface area contributed by atoms with Gasteiger partial charge in [0, 0.05) is 0 Å². The van der Waals surface area contributed by atoms with Crippen LogP contribution in [-0.4, -0.2) is 17.5 Å². The van der Waals surface area contributed by atoms with Gasteiger partial charge in [0.1, 0.15) is 0 Å². The lowest BCUT2D eigenvalue weighted by Crippen LogP contribution is -2.03. The summed E-state index contributed by atoms with van der Waals surface area (Å²) in [6.07, 6.45) is 1.42. The van der Waals surface area contributed by atoms with Crippen LogP contribution in [0.15, 0.2) is 24.3 Å². The number of amides is 1. The number of carbonyl (C=O) groups is 1. The number of hydrogen-bond acceptors (Lipinski definition) is 2. The zero-order valence-electron chi connectivity index (χ0n) is 6.07. The number of para-hydroxylation sites is 1. The largest absolute Gasteiger partial charge is 0.478 e. The average molecular weight is 164 g/mol. The molecular weight excluding hydrogens is 158 g/mol. The second-order valence-corrected chi connectivity index (χ2v) is 2.08. The molecule has 4 heteroatoms. The lowest BCUT2D eigenvalue weighted by Gasteiger charge is -2.01. The molecule has 4 nitrogen and oxygen atoms in total. The van der Waals surface area contributed by atoms with Crippen molar-refractivity contribution in [2.45, 2.75) is 0 Å². The van der Waals surface area contributed by atoms with Gasteiger partial charge in [0.25, 0.3) is 0 Å². The van der Waals surface area contributed by atoms with Crippen molar-refractivity contribution in [1.29, 1.82) is 0 Å². The maximum absolute atomic E-state index is 10.5. The molecule has 0 bridgehead atoms. The van der Waals surface area contributed by atoms with Crippen LogP contribution in [0.3, 0.4) is 0 Å². The van der Waals surface area contributed by atoms with Crippen LogP contribution < -0.4 is 5.32 Å². The van der Waals surface area contributed by atoms with Crippen LogP contribution in [-0.2, 0) is 4.79 Å². The third-order valence-corrected chi connectivity index (χ3v) is 1.34. The molecule has 0 aliphatic carbocycles. The fourth-order valence-electron chi connectivity index (χ4n) is 0.834. The molecule has 0 aliphatic heterocycles. The first-order valence-corrected chi connectivity index (χ1v) is 3.21. The minimum absolute atomic E-state index is 0.0563. The fourth-order valence-corrected chi connectivity index (χ4v) is 0.834. The van der Waals surface area contributed by atoms with E-state index in [0.29, 0.717) is 0 Å². The second-order valence-electron chi connectivity index (χ2n) is 2.08. The van der Waals surface area contributed by atoms with Crippen LogP contribution in [0, 0.1) is 0 Å². The van der Waals surface area contributed by atoms with Gasteiger partial charge >= 0.3 is 12.4 Å². The first-order chi connectivity index (χ1) is 5.75. The van der Waals surface area contributed by atoms with E-state index in [0.717, 1.165) is 0 Å². The van der Waals surface area contributed by atoms with Crippen LogP contribution in [0.1, 0.15) is 10.4 Å². The molecule has 1 aromatic carbocycles. The zero-order valence-corrected chi connectivity index (χ0v) is 6.07. The highest BCUT2D eigenvalue weighted by atomic mass is 16.4.